The Hall–Kier alpha value is -5.14. The van der Waals surface area contributed by atoms with Crippen molar-refractivity contribution in [3.8, 4) is 27.9 Å². The summed E-state index contributed by atoms with van der Waals surface area (Å²) < 4.78 is 2.42. The average molecular weight is 552 g/mol. The lowest BCUT2D eigenvalue weighted by atomic mass is 9.86. The van der Waals surface area contributed by atoms with Crippen LogP contribution in [0.4, 0.5) is 0 Å². The maximum absolute atomic E-state index is 2.42. The van der Waals surface area contributed by atoms with E-state index in [4.69, 9.17) is 0 Å². The van der Waals surface area contributed by atoms with Crippen molar-refractivity contribution in [1.29, 1.82) is 0 Å². The van der Waals surface area contributed by atoms with E-state index < -0.39 is 0 Å². The molecule has 0 aliphatic heterocycles. The molecule has 0 aliphatic rings. The largest absolute Gasteiger partial charge is 0.309 e. The Morgan fingerprint density at radius 2 is 0.953 bits per heavy atom. The molecule has 0 atom stereocenters. The van der Waals surface area contributed by atoms with Gasteiger partial charge >= 0.3 is 0 Å². The molecule has 43 heavy (non-hydrogen) atoms. The summed E-state index contributed by atoms with van der Waals surface area (Å²) in [5.41, 5.74) is 10.2. The molecule has 0 radical (unpaired) electrons. The van der Waals surface area contributed by atoms with E-state index in [-0.39, 0.29) is 0 Å². The molecule has 206 valence electrons. The number of fused-ring (bicyclic) bond motifs is 5. The molecule has 1 nitrogen and oxygen atoms in total. The second kappa shape index (κ2) is 10.6. The molecular formula is C42H33N. The van der Waals surface area contributed by atoms with Crippen LogP contribution in [0, 0.1) is 0 Å². The lowest BCUT2D eigenvalue weighted by Gasteiger charge is -2.18. The number of benzene rings is 7. The molecule has 1 aromatic heterocycles. The van der Waals surface area contributed by atoms with E-state index in [1.807, 2.05) is 0 Å². The summed E-state index contributed by atoms with van der Waals surface area (Å²) >= 11 is 0. The number of unbranched alkanes of at least 4 members (excludes halogenated alkanes) is 1. The molecule has 1 heterocycles. The smallest absolute Gasteiger partial charge is 0.0541 e. The predicted molar refractivity (Wildman–Crippen MR) is 185 cm³/mol. The quantitative estimate of drug-likeness (QED) is 0.181. The number of rotatable bonds is 6. The van der Waals surface area contributed by atoms with Gasteiger partial charge in [0.1, 0.15) is 0 Å². The second-order valence-electron chi connectivity index (χ2n) is 11.6. The average Bonchev–Trinajstić information content (AvgIpc) is 3.40. The van der Waals surface area contributed by atoms with Crippen LogP contribution in [-0.2, 0) is 6.42 Å². The highest BCUT2D eigenvalue weighted by Gasteiger charge is 2.17. The Morgan fingerprint density at radius 1 is 0.442 bits per heavy atom. The van der Waals surface area contributed by atoms with Gasteiger partial charge in [0.15, 0.2) is 0 Å². The van der Waals surface area contributed by atoms with Gasteiger partial charge in [0, 0.05) is 16.5 Å². The molecule has 0 unspecified atom stereocenters. The molecule has 0 fully saturated rings. The summed E-state index contributed by atoms with van der Waals surface area (Å²) in [6.45, 7) is 2.26. The van der Waals surface area contributed by atoms with E-state index in [1.165, 1.54) is 89.7 Å². The van der Waals surface area contributed by atoms with Crippen molar-refractivity contribution >= 4 is 43.4 Å². The Labute approximate surface area is 252 Å². The zero-order valence-electron chi connectivity index (χ0n) is 24.4. The Morgan fingerprint density at radius 3 is 1.56 bits per heavy atom. The molecule has 0 amide bonds. The first kappa shape index (κ1) is 25.6. The van der Waals surface area contributed by atoms with Crippen LogP contribution in [0.1, 0.15) is 25.3 Å². The van der Waals surface area contributed by atoms with Gasteiger partial charge in [0.2, 0.25) is 0 Å². The summed E-state index contributed by atoms with van der Waals surface area (Å²) in [7, 11) is 0. The number of hydrogen-bond donors (Lipinski definition) is 0. The molecule has 8 aromatic rings. The van der Waals surface area contributed by atoms with Crippen molar-refractivity contribution in [2.75, 3.05) is 0 Å². The van der Waals surface area contributed by atoms with Gasteiger partial charge in [-0.3, -0.25) is 0 Å². The summed E-state index contributed by atoms with van der Waals surface area (Å²) in [5.74, 6) is 0. The SMILES string of the molecule is CCCCc1ccc2c(c1)c1ccccc1n2-c1ccc(-c2c3ccccc3c(-c3ccccc3)c3ccccc23)cc1. The summed E-state index contributed by atoms with van der Waals surface area (Å²) in [4.78, 5) is 0. The Kier molecular flexibility index (Phi) is 6.30. The van der Waals surface area contributed by atoms with Crippen LogP contribution < -0.4 is 0 Å². The number of hydrogen-bond acceptors (Lipinski definition) is 0. The van der Waals surface area contributed by atoms with E-state index in [0.29, 0.717) is 0 Å². The first-order valence-corrected chi connectivity index (χ1v) is 15.4. The zero-order chi connectivity index (χ0) is 28.8. The van der Waals surface area contributed by atoms with Gasteiger partial charge in [-0.05, 0) is 92.5 Å². The number of nitrogens with zero attached hydrogens (tertiary/aromatic N) is 1. The lowest BCUT2D eigenvalue weighted by molar-refractivity contribution is 0.796. The van der Waals surface area contributed by atoms with E-state index in [0.717, 1.165) is 6.42 Å². The highest BCUT2D eigenvalue weighted by molar-refractivity contribution is 6.21. The maximum atomic E-state index is 2.42. The van der Waals surface area contributed by atoms with E-state index in [2.05, 4.69) is 157 Å². The van der Waals surface area contributed by atoms with Gasteiger partial charge in [-0.15, -0.1) is 0 Å². The first-order chi connectivity index (χ1) is 21.3. The molecule has 8 rings (SSSR count). The van der Waals surface area contributed by atoms with Crippen LogP contribution in [0.2, 0.25) is 0 Å². The third kappa shape index (κ3) is 4.23. The third-order valence-corrected chi connectivity index (χ3v) is 8.96. The molecule has 7 aromatic carbocycles. The minimum atomic E-state index is 1.13. The van der Waals surface area contributed by atoms with E-state index >= 15 is 0 Å². The van der Waals surface area contributed by atoms with Crippen LogP contribution in [-0.4, -0.2) is 4.57 Å². The third-order valence-electron chi connectivity index (χ3n) is 8.96. The lowest BCUT2D eigenvalue weighted by Crippen LogP contribution is -1.95. The second-order valence-corrected chi connectivity index (χ2v) is 11.6. The van der Waals surface area contributed by atoms with Crippen LogP contribution in [0.25, 0.3) is 71.3 Å². The van der Waals surface area contributed by atoms with E-state index in [1.54, 1.807) is 0 Å². The summed E-state index contributed by atoms with van der Waals surface area (Å²) in [6, 6.07) is 53.6. The molecule has 0 saturated heterocycles. The molecule has 0 aliphatic carbocycles. The van der Waals surface area contributed by atoms with Crippen molar-refractivity contribution in [2.24, 2.45) is 0 Å². The normalized spacial score (nSPS) is 11.7. The first-order valence-electron chi connectivity index (χ1n) is 15.4. The van der Waals surface area contributed by atoms with Crippen LogP contribution in [0.5, 0.6) is 0 Å². The van der Waals surface area contributed by atoms with Gasteiger partial charge < -0.3 is 4.57 Å². The fourth-order valence-electron chi connectivity index (χ4n) is 6.97. The van der Waals surface area contributed by atoms with Gasteiger partial charge in [-0.1, -0.05) is 129 Å². The van der Waals surface area contributed by atoms with Gasteiger partial charge in [0.05, 0.1) is 11.0 Å². The van der Waals surface area contributed by atoms with Crippen LogP contribution in [0.3, 0.4) is 0 Å². The van der Waals surface area contributed by atoms with Gasteiger partial charge in [-0.25, -0.2) is 0 Å². The van der Waals surface area contributed by atoms with Crippen molar-refractivity contribution in [3.05, 3.63) is 151 Å². The Bertz CT molecular complexity index is 2200. The number of aromatic nitrogens is 1. The fourth-order valence-corrected chi connectivity index (χ4v) is 6.97. The topological polar surface area (TPSA) is 4.93 Å². The molecular weight excluding hydrogens is 518 g/mol. The van der Waals surface area contributed by atoms with Crippen molar-refractivity contribution < 1.29 is 0 Å². The minimum absolute atomic E-state index is 1.13. The molecule has 0 bridgehead atoms. The molecule has 0 N–H and O–H groups in total. The number of para-hydroxylation sites is 1. The minimum Gasteiger partial charge on any atom is -0.309 e. The van der Waals surface area contributed by atoms with Gasteiger partial charge in [0.25, 0.3) is 0 Å². The van der Waals surface area contributed by atoms with Crippen molar-refractivity contribution in [1.82, 2.24) is 4.57 Å². The maximum Gasteiger partial charge on any atom is 0.0541 e. The molecule has 0 saturated carbocycles. The fraction of sp³-hybridized carbons (Fsp3) is 0.0952. The Balaban J connectivity index is 1.32. The van der Waals surface area contributed by atoms with Crippen molar-refractivity contribution in [3.63, 3.8) is 0 Å². The summed E-state index contributed by atoms with van der Waals surface area (Å²) in [6.07, 6.45) is 3.57. The van der Waals surface area contributed by atoms with E-state index in [9.17, 15) is 0 Å². The predicted octanol–water partition coefficient (Wildman–Crippen LogP) is 11.8. The van der Waals surface area contributed by atoms with Crippen LogP contribution in [0.15, 0.2) is 146 Å². The highest BCUT2D eigenvalue weighted by atomic mass is 15.0. The molecule has 1 heteroatoms. The summed E-state index contributed by atoms with van der Waals surface area (Å²) in [5, 5.41) is 7.78. The standard InChI is InChI=1S/C42H33N/c1-2-3-13-29-22-27-40-38(28-29)33-16-11-12-21-39(33)43(40)32-25-23-31(24-26-32)42-36-19-9-7-17-34(36)41(30-14-5-4-6-15-30)35-18-8-10-20-37(35)42/h4-12,14-28H,2-3,13H2,1H3. The van der Waals surface area contributed by atoms with Crippen LogP contribution >= 0.6 is 0 Å². The highest BCUT2D eigenvalue weighted by Crippen LogP contribution is 2.44. The van der Waals surface area contributed by atoms with Crippen molar-refractivity contribution in [2.45, 2.75) is 26.2 Å². The molecule has 0 spiro atoms. The van der Waals surface area contributed by atoms with Gasteiger partial charge in [-0.2, -0.15) is 0 Å². The zero-order valence-corrected chi connectivity index (χ0v) is 24.4. The monoisotopic (exact) mass is 551 g/mol. The number of aryl methyl sites for hydroxylation is 1.